The van der Waals surface area contributed by atoms with Gasteiger partial charge in [-0.25, -0.2) is 0 Å². The molecule has 0 radical (unpaired) electrons. The number of halogens is 6. The lowest BCUT2D eigenvalue weighted by Gasteiger charge is -2.14. The van der Waals surface area contributed by atoms with Crippen LogP contribution < -0.4 is 16.9 Å². The van der Waals surface area contributed by atoms with Crippen LogP contribution in [0.25, 0.3) is 5.57 Å². The van der Waals surface area contributed by atoms with Gasteiger partial charge in [-0.3, -0.25) is 15.2 Å². The summed E-state index contributed by atoms with van der Waals surface area (Å²) in [4.78, 5) is 15.4. The summed E-state index contributed by atoms with van der Waals surface area (Å²) in [6.45, 7) is 0. The van der Waals surface area contributed by atoms with Crippen LogP contribution in [0.1, 0.15) is 27.8 Å². The molecule has 13 heteroatoms. The fourth-order valence-electron chi connectivity index (χ4n) is 2.28. The molecule has 0 aliphatic heterocycles. The van der Waals surface area contributed by atoms with Gasteiger partial charge in [0.15, 0.2) is 5.84 Å². The lowest BCUT2D eigenvalue weighted by molar-refractivity contribution is -0.143. The first-order valence-electron chi connectivity index (χ1n) is 8.07. The summed E-state index contributed by atoms with van der Waals surface area (Å²) in [5, 5.41) is 12.3. The third kappa shape index (κ3) is 5.95. The molecule has 1 heterocycles. The van der Waals surface area contributed by atoms with Gasteiger partial charge in [-0.2, -0.15) is 36.7 Å². The first-order chi connectivity index (χ1) is 14.3. The first-order valence-corrected chi connectivity index (χ1v) is 8.07. The molecule has 0 bridgehead atoms. The summed E-state index contributed by atoms with van der Waals surface area (Å²) >= 11 is 0. The number of benzene rings is 1. The molecule has 0 saturated heterocycles. The SMILES string of the molecule is N#Cc1cncc(/C(=C\N/N=C(\N)c2cc(C(F)(F)F)cc(C(F)(F)F)c2)C(N)=O)c1. The molecule has 162 valence electrons. The number of amides is 1. The quantitative estimate of drug-likeness (QED) is 0.216. The van der Waals surface area contributed by atoms with Crippen LogP contribution in [0, 0.1) is 11.3 Å². The van der Waals surface area contributed by atoms with Crippen molar-refractivity contribution in [3.63, 3.8) is 0 Å². The zero-order chi connectivity index (χ0) is 23.4. The van der Waals surface area contributed by atoms with Gasteiger partial charge in [0.1, 0.15) is 6.07 Å². The maximum Gasteiger partial charge on any atom is 0.416 e. The number of nitrogens with one attached hydrogen (secondary N) is 1. The average Bonchev–Trinajstić information content (AvgIpc) is 2.69. The molecule has 0 aliphatic carbocycles. The number of pyridine rings is 1. The normalized spacial score (nSPS) is 12.9. The molecule has 1 aromatic heterocycles. The fourth-order valence-corrected chi connectivity index (χ4v) is 2.28. The van der Waals surface area contributed by atoms with Crippen LogP contribution in [-0.2, 0) is 17.1 Å². The summed E-state index contributed by atoms with van der Waals surface area (Å²) < 4.78 is 77.7. The number of rotatable bonds is 5. The Morgan fingerprint density at radius 3 is 2.06 bits per heavy atom. The largest absolute Gasteiger partial charge is 0.416 e. The van der Waals surface area contributed by atoms with Crippen molar-refractivity contribution in [1.29, 1.82) is 5.26 Å². The van der Waals surface area contributed by atoms with Gasteiger partial charge in [-0.1, -0.05) is 0 Å². The summed E-state index contributed by atoms with van der Waals surface area (Å²) in [5.74, 6) is -1.70. The number of nitriles is 1. The van der Waals surface area contributed by atoms with Crippen LogP contribution in [0.3, 0.4) is 0 Å². The number of carbonyl (C=O) groups is 1. The molecule has 7 nitrogen and oxygen atoms in total. The predicted octanol–water partition coefficient (Wildman–Crippen LogP) is 2.73. The van der Waals surface area contributed by atoms with Crippen molar-refractivity contribution in [2.75, 3.05) is 0 Å². The monoisotopic (exact) mass is 442 g/mol. The van der Waals surface area contributed by atoms with E-state index in [1.807, 2.05) is 0 Å². The molecule has 0 unspecified atom stereocenters. The highest BCUT2D eigenvalue weighted by Gasteiger charge is 2.37. The first kappa shape index (κ1) is 23.2. The van der Waals surface area contributed by atoms with Gasteiger partial charge >= 0.3 is 12.4 Å². The van der Waals surface area contributed by atoms with Crippen LogP contribution in [0.5, 0.6) is 0 Å². The molecule has 2 aromatic rings. The Hall–Kier alpha value is -4.08. The molecule has 0 fully saturated rings. The van der Waals surface area contributed by atoms with Crippen molar-refractivity contribution >= 4 is 17.3 Å². The number of hydrogen-bond acceptors (Lipinski definition) is 5. The van der Waals surface area contributed by atoms with Crippen molar-refractivity contribution in [1.82, 2.24) is 10.4 Å². The third-order valence-electron chi connectivity index (χ3n) is 3.72. The maximum absolute atomic E-state index is 12.9. The highest BCUT2D eigenvalue weighted by molar-refractivity contribution is 6.18. The second-order valence-corrected chi connectivity index (χ2v) is 5.92. The molecule has 5 N–H and O–H groups in total. The van der Waals surface area contributed by atoms with E-state index >= 15 is 0 Å². The number of carbonyl (C=O) groups excluding carboxylic acids is 1. The molecule has 0 saturated carbocycles. The number of nitrogens with zero attached hydrogens (tertiary/aromatic N) is 3. The van der Waals surface area contributed by atoms with Crippen LogP contribution >= 0.6 is 0 Å². The smallest absolute Gasteiger partial charge is 0.382 e. The number of amidine groups is 1. The molecular weight excluding hydrogens is 430 g/mol. The summed E-state index contributed by atoms with van der Waals surface area (Å²) in [5.41, 5.74) is 9.11. The van der Waals surface area contributed by atoms with Gasteiger partial charge in [-0.05, 0) is 24.3 Å². The van der Waals surface area contributed by atoms with Crippen molar-refractivity contribution in [2.24, 2.45) is 16.6 Å². The standard InChI is InChI=1S/C18H12F6N6O/c19-17(20,21)12-2-10(3-13(4-12)18(22,23)24)15(26)30-29-8-14(16(27)31)11-1-9(5-25)6-28-7-11/h1-4,6-8,29H,(H2,26,30)(H2,27,31)/b14-8+. The van der Waals surface area contributed by atoms with E-state index < -0.39 is 40.8 Å². The van der Waals surface area contributed by atoms with Gasteiger partial charge in [0.05, 0.1) is 22.3 Å². The van der Waals surface area contributed by atoms with E-state index in [1.165, 1.54) is 18.5 Å². The number of alkyl halides is 6. The zero-order valence-corrected chi connectivity index (χ0v) is 15.2. The summed E-state index contributed by atoms with van der Waals surface area (Å²) in [6.07, 6.45) is -6.78. The van der Waals surface area contributed by atoms with E-state index in [2.05, 4.69) is 15.5 Å². The Balaban J connectivity index is 2.41. The van der Waals surface area contributed by atoms with E-state index in [0.717, 1.165) is 6.20 Å². The van der Waals surface area contributed by atoms with E-state index in [0.29, 0.717) is 12.1 Å². The van der Waals surface area contributed by atoms with E-state index in [-0.39, 0.29) is 22.8 Å². The fraction of sp³-hybridized carbons (Fsp3) is 0.111. The molecule has 1 amide bonds. The van der Waals surface area contributed by atoms with Crippen molar-refractivity contribution in [3.05, 3.63) is 70.7 Å². The van der Waals surface area contributed by atoms with Gasteiger partial charge < -0.3 is 11.5 Å². The van der Waals surface area contributed by atoms with Gasteiger partial charge in [0.2, 0.25) is 0 Å². The Morgan fingerprint density at radius 2 is 1.58 bits per heavy atom. The van der Waals surface area contributed by atoms with Crippen LogP contribution in [-0.4, -0.2) is 16.7 Å². The maximum atomic E-state index is 12.9. The number of hydrogen-bond donors (Lipinski definition) is 3. The highest BCUT2D eigenvalue weighted by Crippen LogP contribution is 2.36. The molecule has 0 aliphatic rings. The molecular formula is C18H12F6N6O. The minimum atomic E-state index is -5.05. The van der Waals surface area contributed by atoms with Gasteiger partial charge in [-0.15, -0.1) is 0 Å². The Bertz CT molecular complexity index is 1070. The lowest BCUT2D eigenvalue weighted by Crippen LogP contribution is -2.21. The van der Waals surface area contributed by atoms with Crippen LogP contribution in [0.4, 0.5) is 26.3 Å². The van der Waals surface area contributed by atoms with Crippen molar-refractivity contribution in [2.45, 2.75) is 12.4 Å². The Kier molecular flexibility index (Phi) is 6.54. The molecule has 2 rings (SSSR count). The predicted molar refractivity (Wildman–Crippen MR) is 96.4 cm³/mol. The molecule has 0 spiro atoms. The van der Waals surface area contributed by atoms with Crippen molar-refractivity contribution in [3.8, 4) is 6.07 Å². The number of hydrazone groups is 1. The number of nitrogens with two attached hydrogens (primary N) is 2. The van der Waals surface area contributed by atoms with E-state index in [1.54, 1.807) is 6.07 Å². The molecule has 1 aromatic carbocycles. The number of primary amides is 1. The van der Waals surface area contributed by atoms with E-state index in [4.69, 9.17) is 16.7 Å². The minimum Gasteiger partial charge on any atom is -0.382 e. The Labute approximate surface area is 170 Å². The topological polar surface area (TPSA) is 130 Å². The summed E-state index contributed by atoms with van der Waals surface area (Å²) in [7, 11) is 0. The lowest BCUT2D eigenvalue weighted by atomic mass is 10.0. The van der Waals surface area contributed by atoms with Crippen LogP contribution in [0.2, 0.25) is 0 Å². The molecule has 31 heavy (non-hydrogen) atoms. The highest BCUT2D eigenvalue weighted by atomic mass is 19.4. The third-order valence-corrected chi connectivity index (χ3v) is 3.72. The second kappa shape index (κ2) is 8.74. The van der Waals surface area contributed by atoms with Crippen molar-refractivity contribution < 1.29 is 31.1 Å². The van der Waals surface area contributed by atoms with Gasteiger partial charge in [0.25, 0.3) is 5.91 Å². The average molecular weight is 442 g/mol. The minimum absolute atomic E-state index is 0.0511. The molecule has 0 atom stereocenters. The Morgan fingerprint density at radius 1 is 1.00 bits per heavy atom. The summed E-state index contributed by atoms with van der Waals surface area (Å²) in [6, 6.07) is 3.82. The zero-order valence-electron chi connectivity index (χ0n) is 15.2. The van der Waals surface area contributed by atoms with E-state index in [9.17, 15) is 31.1 Å². The van der Waals surface area contributed by atoms with Gasteiger partial charge in [0, 0.05) is 29.7 Å². The second-order valence-electron chi connectivity index (χ2n) is 5.92. The van der Waals surface area contributed by atoms with Crippen LogP contribution in [0.15, 0.2) is 48.0 Å². The number of aromatic nitrogens is 1.